The molecule has 26 heavy (non-hydrogen) atoms. The van der Waals surface area contributed by atoms with Gasteiger partial charge >= 0.3 is 0 Å². The monoisotopic (exact) mass is 351 g/mol. The fourth-order valence-electron chi connectivity index (χ4n) is 3.39. The van der Waals surface area contributed by atoms with Crippen molar-refractivity contribution in [3.63, 3.8) is 0 Å². The van der Waals surface area contributed by atoms with Crippen LogP contribution in [0.25, 0.3) is 0 Å². The van der Waals surface area contributed by atoms with Crippen molar-refractivity contribution in [3.8, 4) is 0 Å². The molecule has 3 rings (SSSR count). The molecule has 0 radical (unpaired) electrons. The van der Waals surface area contributed by atoms with E-state index in [4.69, 9.17) is 0 Å². The molecule has 2 N–H and O–H groups in total. The molecule has 0 saturated carbocycles. The van der Waals surface area contributed by atoms with Gasteiger partial charge in [0.1, 0.15) is 0 Å². The first-order chi connectivity index (χ1) is 12.6. The highest BCUT2D eigenvalue weighted by atomic mass is 16.2. The Bertz CT molecular complexity index is 738. The zero-order valence-corrected chi connectivity index (χ0v) is 15.1. The normalized spacial score (nSPS) is 15.4. The van der Waals surface area contributed by atoms with Gasteiger partial charge in [0.05, 0.1) is 6.04 Å². The first-order valence-corrected chi connectivity index (χ1v) is 9.08. The predicted octanol–water partition coefficient (Wildman–Crippen LogP) is 3.21. The van der Waals surface area contributed by atoms with E-state index >= 15 is 0 Å². The van der Waals surface area contributed by atoms with Crippen molar-refractivity contribution in [1.29, 1.82) is 0 Å². The number of carbonyl (C=O) groups excluding carboxylic acids is 2. The summed E-state index contributed by atoms with van der Waals surface area (Å²) in [6.07, 6.45) is 2.42. The summed E-state index contributed by atoms with van der Waals surface area (Å²) in [5, 5.41) is 5.77. The maximum Gasteiger partial charge on any atom is 0.251 e. The molecule has 1 fully saturated rings. The molecule has 136 valence electrons. The number of rotatable bonds is 6. The zero-order valence-electron chi connectivity index (χ0n) is 15.1. The number of hydrogen-bond acceptors (Lipinski definition) is 3. The summed E-state index contributed by atoms with van der Waals surface area (Å²) in [6, 6.07) is 17.5. The predicted molar refractivity (Wildman–Crippen MR) is 103 cm³/mol. The van der Waals surface area contributed by atoms with Gasteiger partial charge in [-0.2, -0.15) is 0 Å². The van der Waals surface area contributed by atoms with E-state index in [1.165, 1.54) is 25.3 Å². The van der Waals surface area contributed by atoms with Crippen molar-refractivity contribution in [2.75, 3.05) is 25.0 Å². The Labute approximate surface area is 154 Å². The first kappa shape index (κ1) is 18.1. The van der Waals surface area contributed by atoms with Crippen molar-refractivity contribution in [1.82, 2.24) is 10.2 Å². The lowest BCUT2D eigenvalue weighted by atomic mass is 10.1. The van der Waals surface area contributed by atoms with Gasteiger partial charge in [0.25, 0.3) is 5.91 Å². The van der Waals surface area contributed by atoms with Crippen molar-refractivity contribution in [2.24, 2.45) is 0 Å². The van der Waals surface area contributed by atoms with E-state index in [1.807, 2.05) is 18.2 Å². The lowest BCUT2D eigenvalue weighted by Crippen LogP contribution is -2.36. The van der Waals surface area contributed by atoms with Gasteiger partial charge in [0.15, 0.2) is 0 Å². The average molecular weight is 351 g/mol. The van der Waals surface area contributed by atoms with Crippen LogP contribution in [-0.2, 0) is 4.79 Å². The Balaban J connectivity index is 1.64. The SMILES string of the molecule is CC(=O)Nc1ccc(C(=O)NCC(c2ccccc2)N2CCCC2)cc1. The molecular formula is C21H25N3O2. The molecule has 2 amide bonds. The summed E-state index contributed by atoms with van der Waals surface area (Å²) >= 11 is 0. The number of benzene rings is 2. The number of nitrogens with one attached hydrogen (secondary N) is 2. The largest absolute Gasteiger partial charge is 0.350 e. The number of likely N-dealkylation sites (tertiary alicyclic amines) is 1. The first-order valence-electron chi connectivity index (χ1n) is 9.08. The van der Waals surface area contributed by atoms with Crippen molar-refractivity contribution < 1.29 is 9.59 Å². The third-order valence-electron chi connectivity index (χ3n) is 4.69. The van der Waals surface area contributed by atoms with Gasteiger partial charge in [-0.1, -0.05) is 30.3 Å². The molecule has 2 aromatic carbocycles. The van der Waals surface area contributed by atoms with Crippen LogP contribution in [0.3, 0.4) is 0 Å². The molecule has 1 aliphatic rings. The Morgan fingerprint density at radius 1 is 1.00 bits per heavy atom. The second-order valence-electron chi connectivity index (χ2n) is 6.64. The summed E-state index contributed by atoms with van der Waals surface area (Å²) < 4.78 is 0. The third kappa shape index (κ3) is 4.70. The minimum absolute atomic E-state index is 0.0977. The van der Waals surface area contributed by atoms with Gasteiger partial charge in [0.2, 0.25) is 5.91 Å². The summed E-state index contributed by atoms with van der Waals surface area (Å²) in [6.45, 7) is 4.18. The van der Waals surface area contributed by atoms with Crippen LogP contribution >= 0.6 is 0 Å². The van der Waals surface area contributed by atoms with Gasteiger partial charge in [-0.3, -0.25) is 14.5 Å². The van der Waals surface area contributed by atoms with Crippen molar-refractivity contribution in [2.45, 2.75) is 25.8 Å². The molecule has 5 heteroatoms. The van der Waals surface area contributed by atoms with Crippen LogP contribution in [-0.4, -0.2) is 36.3 Å². The lowest BCUT2D eigenvalue weighted by molar-refractivity contribution is -0.114. The maximum absolute atomic E-state index is 12.5. The second-order valence-corrected chi connectivity index (χ2v) is 6.64. The van der Waals surface area contributed by atoms with Crippen LogP contribution in [0.5, 0.6) is 0 Å². The fraction of sp³-hybridized carbons (Fsp3) is 0.333. The zero-order chi connectivity index (χ0) is 18.4. The molecule has 2 aromatic rings. The molecule has 1 saturated heterocycles. The highest BCUT2D eigenvalue weighted by molar-refractivity contribution is 5.95. The number of amides is 2. The molecule has 1 heterocycles. The van der Waals surface area contributed by atoms with E-state index < -0.39 is 0 Å². The van der Waals surface area contributed by atoms with E-state index in [0.717, 1.165) is 13.1 Å². The van der Waals surface area contributed by atoms with Crippen LogP contribution in [0.1, 0.15) is 41.7 Å². The van der Waals surface area contributed by atoms with Crippen LogP contribution in [0.2, 0.25) is 0 Å². The number of carbonyl (C=O) groups is 2. The molecule has 1 unspecified atom stereocenters. The van der Waals surface area contributed by atoms with E-state index in [1.54, 1.807) is 24.3 Å². The van der Waals surface area contributed by atoms with E-state index in [0.29, 0.717) is 17.8 Å². The maximum atomic E-state index is 12.5. The van der Waals surface area contributed by atoms with Crippen LogP contribution in [0.15, 0.2) is 54.6 Å². The molecule has 0 aliphatic carbocycles. The molecule has 1 atom stereocenters. The van der Waals surface area contributed by atoms with Gasteiger partial charge in [-0.25, -0.2) is 0 Å². The molecular weight excluding hydrogens is 326 g/mol. The van der Waals surface area contributed by atoms with Crippen molar-refractivity contribution in [3.05, 3.63) is 65.7 Å². The van der Waals surface area contributed by atoms with Gasteiger partial charge in [0, 0.05) is 24.7 Å². The van der Waals surface area contributed by atoms with Gasteiger partial charge in [-0.05, 0) is 55.8 Å². The summed E-state index contributed by atoms with van der Waals surface area (Å²) in [4.78, 5) is 26.0. The molecule has 5 nitrogen and oxygen atoms in total. The topological polar surface area (TPSA) is 61.4 Å². The third-order valence-corrected chi connectivity index (χ3v) is 4.69. The summed E-state index contributed by atoms with van der Waals surface area (Å²) in [5.41, 5.74) is 2.51. The minimum Gasteiger partial charge on any atom is -0.350 e. The molecule has 0 bridgehead atoms. The van der Waals surface area contributed by atoms with Crippen molar-refractivity contribution >= 4 is 17.5 Å². The molecule has 0 spiro atoms. The van der Waals surface area contributed by atoms with Crippen LogP contribution in [0.4, 0.5) is 5.69 Å². The lowest BCUT2D eigenvalue weighted by Gasteiger charge is -2.28. The number of anilines is 1. The molecule has 0 aromatic heterocycles. The van der Waals surface area contributed by atoms with Crippen LogP contribution in [0, 0.1) is 0 Å². The Morgan fingerprint density at radius 3 is 2.27 bits per heavy atom. The average Bonchev–Trinajstić information content (AvgIpc) is 3.17. The van der Waals surface area contributed by atoms with E-state index in [9.17, 15) is 9.59 Å². The van der Waals surface area contributed by atoms with E-state index in [2.05, 4.69) is 27.7 Å². The molecule has 1 aliphatic heterocycles. The Hall–Kier alpha value is -2.66. The standard InChI is InChI=1S/C21H25N3O2/c1-16(25)23-19-11-9-18(10-12-19)21(26)22-15-20(24-13-5-6-14-24)17-7-3-2-4-8-17/h2-4,7-12,20H,5-6,13-15H2,1H3,(H,22,26)(H,23,25). The van der Waals surface area contributed by atoms with Crippen LogP contribution < -0.4 is 10.6 Å². The number of hydrogen-bond donors (Lipinski definition) is 2. The Morgan fingerprint density at radius 2 is 1.65 bits per heavy atom. The summed E-state index contributed by atoms with van der Waals surface area (Å²) in [5.74, 6) is -0.224. The van der Waals surface area contributed by atoms with E-state index in [-0.39, 0.29) is 17.9 Å². The smallest absolute Gasteiger partial charge is 0.251 e. The fourth-order valence-corrected chi connectivity index (χ4v) is 3.39. The minimum atomic E-state index is -0.126. The highest BCUT2D eigenvalue weighted by Crippen LogP contribution is 2.24. The summed E-state index contributed by atoms with van der Waals surface area (Å²) in [7, 11) is 0. The number of nitrogens with zero attached hydrogens (tertiary/aromatic N) is 1. The highest BCUT2D eigenvalue weighted by Gasteiger charge is 2.23. The van der Waals surface area contributed by atoms with Gasteiger partial charge in [-0.15, -0.1) is 0 Å². The second kappa shape index (κ2) is 8.63. The van der Waals surface area contributed by atoms with Gasteiger partial charge < -0.3 is 10.6 Å². The Kier molecular flexibility index (Phi) is 6.02. The quantitative estimate of drug-likeness (QED) is 0.840.